The van der Waals surface area contributed by atoms with Gasteiger partial charge in [0.25, 0.3) is 0 Å². The molecule has 38 heavy (non-hydrogen) atoms. The number of aromatic nitrogens is 2. The number of benzene rings is 1. The van der Waals surface area contributed by atoms with Gasteiger partial charge < -0.3 is 15.0 Å². The summed E-state index contributed by atoms with van der Waals surface area (Å²) in [7, 11) is -3.35. The van der Waals surface area contributed by atoms with Crippen molar-refractivity contribution < 1.29 is 31.1 Å². The fourth-order valence-electron chi connectivity index (χ4n) is 5.47. The first-order valence-corrected chi connectivity index (χ1v) is 14.7. The van der Waals surface area contributed by atoms with E-state index >= 15 is 0 Å². The van der Waals surface area contributed by atoms with Crippen molar-refractivity contribution in [3.8, 4) is 0 Å². The highest BCUT2D eigenvalue weighted by molar-refractivity contribution is 7.91. The maximum Gasteiger partial charge on any atom is 0.416 e. The minimum Gasteiger partial charge on any atom is -0.376 e. The van der Waals surface area contributed by atoms with Crippen LogP contribution in [0.3, 0.4) is 0 Å². The lowest BCUT2D eigenvalue weighted by Crippen LogP contribution is -2.50. The van der Waals surface area contributed by atoms with Crippen LogP contribution in [-0.2, 0) is 25.5 Å². The third kappa shape index (κ3) is 6.22. The third-order valence-corrected chi connectivity index (χ3v) is 9.77. The molecule has 12 heteroatoms. The molecule has 1 aliphatic carbocycles. The first kappa shape index (κ1) is 28.5. The molecule has 2 fully saturated rings. The van der Waals surface area contributed by atoms with Crippen LogP contribution in [0.5, 0.6) is 0 Å². The number of likely N-dealkylation sites (tertiary alicyclic amines) is 1. The lowest BCUT2D eigenvalue weighted by atomic mass is 9.83. The highest BCUT2D eigenvalue weighted by Crippen LogP contribution is 2.36. The fourth-order valence-corrected chi connectivity index (χ4v) is 6.81. The van der Waals surface area contributed by atoms with E-state index in [1.807, 2.05) is 13.8 Å². The molecule has 2 aromatic rings. The highest BCUT2D eigenvalue weighted by Gasteiger charge is 2.44. The predicted molar refractivity (Wildman–Crippen MR) is 138 cm³/mol. The predicted octanol–water partition coefficient (Wildman–Crippen LogP) is 4.45. The SMILES string of the molecule is CC(C)O[C@@H]1CC[C@H](N2CC[C@H](Nc3ncnc4ccc(C(F)(F)F)cc34)C2=O)[C@H](CS(=O)(=O)C(C)C)C1. The normalized spacial score (nSPS) is 25.1. The van der Waals surface area contributed by atoms with Crippen LogP contribution < -0.4 is 5.32 Å². The van der Waals surface area contributed by atoms with Crippen LogP contribution in [0, 0.1) is 5.92 Å². The summed E-state index contributed by atoms with van der Waals surface area (Å²) in [6.07, 6.45) is -1.01. The van der Waals surface area contributed by atoms with E-state index in [0.29, 0.717) is 31.3 Å². The standard InChI is InChI=1S/C26H35F3N4O4S/c1-15(2)37-19-6-8-23(17(11-19)13-38(35,36)16(3)4)33-10-9-22(25(33)34)32-24-20-12-18(26(27,28)29)5-7-21(20)30-14-31-24/h5,7,12,14-17,19,22-23H,6,8-11,13H2,1-4H3,(H,30,31,32)/t17-,19+,22-,23-/m0/s1. The van der Waals surface area contributed by atoms with E-state index < -0.39 is 32.9 Å². The molecule has 210 valence electrons. The van der Waals surface area contributed by atoms with E-state index in [1.165, 1.54) is 12.4 Å². The smallest absolute Gasteiger partial charge is 0.376 e. The number of carbonyl (C=O) groups is 1. The van der Waals surface area contributed by atoms with Crippen LogP contribution in [0.2, 0.25) is 0 Å². The van der Waals surface area contributed by atoms with Crippen molar-refractivity contribution in [2.45, 2.75) is 89.1 Å². The number of halogens is 3. The van der Waals surface area contributed by atoms with Crippen molar-refractivity contribution in [3.05, 3.63) is 30.1 Å². The van der Waals surface area contributed by atoms with E-state index in [2.05, 4.69) is 15.3 Å². The summed E-state index contributed by atoms with van der Waals surface area (Å²) < 4.78 is 71.6. The summed E-state index contributed by atoms with van der Waals surface area (Å²) in [6.45, 7) is 7.63. The molecule has 1 aromatic heterocycles. The number of hydrogen-bond acceptors (Lipinski definition) is 7. The Morgan fingerprint density at radius 2 is 1.87 bits per heavy atom. The maximum absolute atomic E-state index is 13.5. The van der Waals surface area contributed by atoms with Crippen molar-refractivity contribution in [1.82, 2.24) is 14.9 Å². The lowest BCUT2D eigenvalue weighted by Gasteiger charge is -2.41. The number of nitrogens with one attached hydrogen (secondary N) is 1. The van der Waals surface area contributed by atoms with Gasteiger partial charge in [0, 0.05) is 18.0 Å². The zero-order valence-corrected chi connectivity index (χ0v) is 22.8. The summed E-state index contributed by atoms with van der Waals surface area (Å²) in [5.41, 5.74) is -0.489. The number of rotatable bonds is 8. The molecule has 0 unspecified atom stereocenters. The molecule has 1 saturated carbocycles. The van der Waals surface area contributed by atoms with Crippen molar-refractivity contribution >= 4 is 32.5 Å². The van der Waals surface area contributed by atoms with E-state index in [-0.39, 0.29) is 47.0 Å². The van der Waals surface area contributed by atoms with Gasteiger partial charge in [0.1, 0.15) is 18.2 Å². The Kier molecular flexibility index (Phi) is 8.23. The lowest BCUT2D eigenvalue weighted by molar-refractivity contribution is -0.137. The molecule has 1 amide bonds. The van der Waals surface area contributed by atoms with E-state index in [9.17, 15) is 26.4 Å². The molecule has 4 atom stereocenters. The van der Waals surface area contributed by atoms with E-state index in [0.717, 1.165) is 18.6 Å². The Hall–Kier alpha value is -2.47. The zero-order valence-electron chi connectivity index (χ0n) is 22.0. The van der Waals surface area contributed by atoms with Gasteiger partial charge in [0.05, 0.1) is 34.3 Å². The van der Waals surface area contributed by atoms with Crippen LogP contribution in [0.1, 0.15) is 58.9 Å². The molecular formula is C26H35F3N4O4S. The molecule has 1 aromatic carbocycles. The highest BCUT2D eigenvalue weighted by atomic mass is 32.2. The van der Waals surface area contributed by atoms with Gasteiger partial charge in [-0.1, -0.05) is 0 Å². The Bertz CT molecular complexity index is 1270. The molecule has 1 N–H and O–H groups in total. The van der Waals surface area contributed by atoms with Gasteiger partial charge in [0.2, 0.25) is 5.91 Å². The first-order chi connectivity index (χ1) is 17.8. The molecule has 2 aliphatic rings. The number of alkyl halides is 3. The van der Waals surface area contributed by atoms with E-state index in [4.69, 9.17) is 4.74 Å². The number of fused-ring (bicyclic) bond motifs is 1. The minimum absolute atomic E-state index is 0.0152. The first-order valence-electron chi connectivity index (χ1n) is 13.0. The monoisotopic (exact) mass is 556 g/mol. The number of ether oxygens (including phenoxy) is 1. The van der Waals surface area contributed by atoms with Crippen LogP contribution in [0.4, 0.5) is 19.0 Å². The van der Waals surface area contributed by atoms with Gasteiger partial charge in [-0.2, -0.15) is 13.2 Å². The molecule has 1 aliphatic heterocycles. The molecule has 0 radical (unpaired) electrons. The third-order valence-electron chi connectivity index (χ3n) is 7.44. The molecule has 8 nitrogen and oxygen atoms in total. The zero-order chi connectivity index (χ0) is 27.8. The fraction of sp³-hybridized carbons (Fsp3) is 0.654. The number of hydrogen-bond donors (Lipinski definition) is 1. The number of anilines is 1. The topological polar surface area (TPSA) is 101 Å². The number of amides is 1. The van der Waals surface area contributed by atoms with Gasteiger partial charge in [-0.15, -0.1) is 0 Å². The van der Waals surface area contributed by atoms with Gasteiger partial charge in [-0.3, -0.25) is 4.79 Å². The Morgan fingerprint density at radius 1 is 1.13 bits per heavy atom. The molecule has 0 spiro atoms. The second kappa shape index (κ2) is 11.0. The van der Waals surface area contributed by atoms with Gasteiger partial charge >= 0.3 is 6.18 Å². The van der Waals surface area contributed by atoms with E-state index in [1.54, 1.807) is 18.7 Å². The molecule has 1 saturated heterocycles. The Morgan fingerprint density at radius 3 is 2.53 bits per heavy atom. The van der Waals surface area contributed by atoms with Gasteiger partial charge in [0.15, 0.2) is 9.84 Å². The Balaban J connectivity index is 1.55. The van der Waals surface area contributed by atoms with Crippen LogP contribution in [0.15, 0.2) is 24.5 Å². The summed E-state index contributed by atoms with van der Waals surface area (Å²) in [5.74, 6) is -0.332. The largest absolute Gasteiger partial charge is 0.416 e. The second-order valence-corrected chi connectivity index (χ2v) is 13.4. The summed E-state index contributed by atoms with van der Waals surface area (Å²) in [6, 6.07) is 2.29. The second-order valence-electron chi connectivity index (χ2n) is 10.8. The minimum atomic E-state index is -4.52. The average molecular weight is 557 g/mol. The van der Waals surface area contributed by atoms with Crippen LogP contribution in [0.25, 0.3) is 10.9 Å². The van der Waals surface area contributed by atoms with Crippen molar-refractivity contribution in [3.63, 3.8) is 0 Å². The van der Waals surface area contributed by atoms with Gasteiger partial charge in [-0.25, -0.2) is 18.4 Å². The molecular weight excluding hydrogens is 521 g/mol. The molecule has 4 rings (SSSR count). The van der Waals surface area contributed by atoms with Crippen molar-refractivity contribution in [2.24, 2.45) is 5.92 Å². The number of carbonyl (C=O) groups excluding carboxylic acids is 1. The van der Waals surface area contributed by atoms with Crippen LogP contribution in [-0.4, -0.2) is 71.0 Å². The molecule has 2 heterocycles. The molecule has 0 bridgehead atoms. The quantitative estimate of drug-likeness (QED) is 0.513. The number of nitrogens with zero attached hydrogens (tertiary/aromatic N) is 3. The Labute approximate surface area is 221 Å². The van der Waals surface area contributed by atoms with Crippen molar-refractivity contribution in [2.75, 3.05) is 17.6 Å². The average Bonchev–Trinajstić information content (AvgIpc) is 3.17. The summed E-state index contributed by atoms with van der Waals surface area (Å²) in [4.78, 5) is 23.5. The van der Waals surface area contributed by atoms with Crippen LogP contribution >= 0.6 is 0 Å². The maximum atomic E-state index is 13.5. The summed E-state index contributed by atoms with van der Waals surface area (Å²) in [5, 5.41) is 2.70. The number of sulfone groups is 1. The summed E-state index contributed by atoms with van der Waals surface area (Å²) >= 11 is 0. The van der Waals surface area contributed by atoms with Gasteiger partial charge in [-0.05, 0) is 77.5 Å². The van der Waals surface area contributed by atoms with Crippen molar-refractivity contribution in [1.29, 1.82) is 0 Å².